The number of rotatable bonds is 3. The molecule has 0 atom stereocenters. The number of halogens is 1. The molecule has 0 radical (unpaired) electrons. The third kappa shape index (κ3) is 2.67. The standard InChI is InChI=1S/C17H15ClN2OS/c1-20(2)16-13(18)7-5-8-14(16)19-17(21)12-10-22-15-9-4-3-6-11(12)15/h3-10H,1-2H3,(H,19,21). The summed E-state index contributed by atoms with van der Waals surface area (Å²) in [6.45, 7) is 0. The molecule has 0 fully saturated rings. The summed E-state index contributed by atoms with van der Waals surface area (Å²) in [7, 11) is 3.80. The van der Waals surface area contributed by atoms with E-state index in [1.54, 1.807) is 11.3 Å². The van der Waals surface area contributed by atoms with E-state index in [-0.39, 0.29) is 5.91 Å². The first-order valence-corrected chi connectivity index (χ1v) is 8.07. The minimum absolute atomic E-state index is 0.122. The van der Waals surface area contributed by atoms with E-state index in [1.807, 2.05) is 66.8 Å². The van der Waals surface area contributed by atoms with E-state index < -0.39 is 0 Å². The summed E-state index contributed by atoms with van der Waals surface area (Å²) in [5.41, 5.74) is 2.19. The second kappa shape index (κ2) is 5.99. The molecule has 3 aromatic rings. The summed E-state index contributed by atoms with van der Waals surface area (Å²) in [4.78, 5) is 14.5. The zero-order chi connectivity index (χ0) is 15.7. The van der Waals surface area contributed by atoms with Gasteiger partial charge in [0.25, 0.3) is 5.91 Å². The lowest BCUT2D eigenvalue weighted by Crippen LogP contribution is -2.16. The van der Waals surface area contributed by atoms with Crippen molar-refractivity contribution >= 4 is 50.3 Å². The fraction of sp³-hybridized carbons (Fsp3) is 0.118. The summed E-state index contributed by atoms with van der Waals surface area (Å²) >= 11 is 7.81. The second-order valence-electron chi connectivity index (χ2n) is 5.13. The molecule has 0 aliphatic heterocycles. The maximum absolute atomic E-state index is 12.6. The molecule has 2 aromatic carbocycles. The largest absolute Gasteiger partial charge is 0.375 e. The Labute approximate surface area is 138 Å². The van der Waals surface area contributed by atoms with Crippen molar-refractivity contribution in [3.63, 3.8) is 0 Å². The van der Waals surface area contributed by atoms with E-state index in [1.165, 1.54) is 0 Å². The quantitative estimate of drug-likeness (QED) is 0.742. The van der Waals surface area contributed by atoms with Crippen molar-refractivity contribution in [3.05, 3.63) is 58.4 Å². The number of para-hydroxylation sites is 1. The smallest absolute Gasteiger partial charge is 0.257 e. The van der Waals surface area contributed by atoms with Gasteiger partial charge in [-0.05, 0) is 18.2 Å². The normalized spacial score (nSPS) is 10.7. The van der Waals surface area contributed by atoms with Crippen LogP contribution < -0.4 is 10.2 Å². The van der Waals surface area contributed by atoms with E-state index in [4.69, 9.17) is 11.6 Å². The molecule has 112 valence electrons. The number of hydrogen-bond donors (Lipinski definition) is 1. The molecule has 1 N–H and O–H groups in total. The molecule has 0 unspecified atom stereocenters. The van der Waals surface area contributed by atoms with Gasteiger partial charge in [-0.15, -0.1) is 11.3 Å². The molecule has 22 heavy (non-hydrogen) atoms. The number of fused-ring (bicyclic) bond motifs is 1. The number of carbonyl (C=O) groups is 1. The van der Waals surface area contributed by atoms with Gasteiger partial charge >= 0.3 is 0 Å². The van der Waals surface area contributed by atoms with Crippen molar-refractivity contribution in [2.45, 2.75) is 0 Å². The van der Waals surface area contributed by atoms with Gasteiger partial charge in [-0.1, -0.05) is 35.9 Å². The van der Waals surface area contributed by atoms with E-state index in [2.05, 4.69) is 5.32 Å². The number of carbonyl (C=O) groups excluding carboxylic acids is 1. The second-order valence-corrected chi connectivity index (χ2v) is 6.45. The molecular formula is C17H15ClN2OS. The first kappa shape index (κ1) is 14.9. The van der Waals surface area contributed by atoms with Gasteiger partial charge in [0, 0.05) is 29.6 Å². The minimum atomic E-state index is -0.122. The lowest BCUT2D eigenvalue weighted by molar-refractivity contribution is 0.102. The van der Waals surface area contributed by atoms with Crippen LogP contribution in [0.2, 0.25) is 5.02 Å². The van der Waals surface area contributed by atoms with Crippen LogP contribution in [0.25, 0.3) is 10.1 Å². The molecule has 5 heteroatoms. The highest BCUT2D eigenvalue weighted by molar-refractivity contribution is 7.17. The number of hydrogen-bond acceptors (Lipinski definition) is 3. The summed E-state index contributed by atoms with van der Waals surface area (Å²) in [5.74, 6) is -0.122. The minimum Gasteiger partial charge on any atom is -0.375 e. The molecule has 1 heterocycles. The van der Waals surface area contributed by atoms with Gasteiger partial charge in [0.05, 0.1) is 22.0 Å². The van der Waals surface area contributed by atoms with Crippen molar-refractivity contribution in [3.8, 4) is 0 Å². The Morgan fingerprint density at radius 2 is 1.91 bits per heavy atom. The number of nitrogens with one attached hydrogen (secondary N) is 1. The Balaban J connectivity index is 1.97. The lowest BCUT2D eigenvalue weighted by atomic mass is 10.1. The first-order chi connectivity index (χ1) is 10.6. The van der Waals surface area contributed by atoms with E-state index in [0.29, 0.717) is 16.3 Å². The Bertz CT molecular complexity index is 842. The van der Waals surface area contributed by atoms with Crippen LogP contribution in [-0.2, 0) is 0 Å². The molecule has 0 saturated carbocycles. The third-order valence-corrected chi connectivity index (χ3v) is 4.68. The van der Waals surface area contributed by atoms with Gasteiger partial charge in [-0.3, -0.25) is 4.79 Å². The summed E-state index contributed by atoms with van der Waals surface area (Å²) < 4.78 is 1.10. The van der Waals surface area contributed by atoms with Crippen LogP contribution in [0.4, 0.5) is 11.4 Å². The number of benzene rings is 2. The maximum atomic E-state index is 12.6. The molecule has 3 nitrogen and oxygen atoms in total. The highest BCUT2D eigenvalue weighted by Crippen LogP contribution is 2.33. The Kier molecular flexibility index (Phi) is 4.05. The fourth-order valence-electron chi connectivity index (χ4n) is 2.41. The van der Waals surface area contributed by atoms with Crippen molar-refractivity contribution in [1.29, 1.82) is 0 Å². The highest BCUT2D eigenvalue weighted by atomic mass is 35.5. The predicted octanol–water partition coefficient (Wildman–Crippen LogP) is 4.87. The van der Waals surface area contributed by atoms with Crippen molar-refractivity contribution < 1.29 is 4.79 Å². The van der Waals surface area contributed by atoms with Gasteiger partial charge < -0.3 is 10.2 Å². The number of nitrogens with zero attached hydrogens (tertiary/aromatic N) is 1. The average Bonchev–Trinajstić information content (AvgIpc) is 2.90. The van der Waals surface area contributed by atoms with Crippen LogP contribution in [0, 0.1) is 0 Å². The van der Waals surface area contributed by atoms with Crippen LogP contribution >= 0.6 is 22.9 Å². The van der Waals surface area contributed by atoms with Crippen LogP contribution in [0.5, 0.6) is 0 Å². The van der Waals surface area contributed by atoms with E-state index in [0.717, 1.165) is 15.8 Å². The molecule has 0 aliphatic rings. The number of amides is 1. The molecule has 0 bridgehead atoms. The van der Waals surface area contributed by atoms with E-state index >= 15 is 0 Å². The molecule has 1 aromatic heterocycles. The van der Waals surface area contributed by atoms with Crippen molar-refractivity contribution in [2.24, 2.45) is 0 Å². The number of thiophene rings is 1. The molecule has 0 spiro atoms. The average molecular weight is 331 g/mol. The zero-order valence-electron chi connectivity index (χ0n) is 12.3. The highest BCUT2D eigenvalue weighted by Gasteiger charge is 2.15. The van der Waals surface area contributed by atoms with Crippen molar-refractivity contribution in [2.75, 3.05) is 24.3 Å². The third-order valence-electron chi connectivity index (χ3n) is 3.41. The van der Waals surface area contributed by atoms with Crippen LogP contribution in [-0.4, -0.2) is 20.0 Å². The van der Waals surface area contributed by atoms with Crippen LogP contribution in [0.3, 0.4) is 0 Å². The predicted molar refractivity (Wildman–Crippen MR) is 95.6 cm³/mol. The monoisotopic (exact) mass is 330 g/mol. The molecule has 1 amide bonds. The molecule has 0 aliphatic carbocycles. The van der Waals surface area contributed by atoms with Crippen LogP contribution in [0.1, 0.15) is 10.4 Å². The van der Waals surface area contributed by atoms with Gasteiger partial charge in [0.15, 0.2) is 0 Å². The molecule has 3 rings (SSSR count). The Hall–Kier alpha value is -2.04. The summed E-state index contributed by atoms with van der Waals surface area (Å²) in [6.07, 6.45) is 0. The van der Waals surface area contributed by atoms with Crippen molar-refractivity contribution in [1.82, 2.24) is 0 Å². The Morgan fingerprint density at radius 3 is 2.68 bits per heavy atom. The molecular weight excluding hydrogens is 316 g/mol. The van der Waals surface area contributed by atoms with E-state index in [9.17, 15) is 4.79 Å². The maximum Gasteiger partial charge on any atom is 0.257 e. The van der Waals surface area contributed by atoms with Gasteiger partial charge in [0.1, 0.15) is 0 Å². The lowest BCUT2D eigenvalue weighted by Gasteiger charge is -2.19. The number of anilines is 2. The van der Waals surface area contributed by atoms with Gasteiger partial charge in [0.2, 0.25) is 0 Å². The SMILES string of the molecule is CN(C)c1c(Cl)cccc1NC(=O)c1csc2ccccc12. The Morgan fingerprint density at radius 1 is 1.14 bits per heavy atom. The fourth-order valence-corrected chi connectivity index (χ4v) is 3.70. The first-order valence-electron chi connectivity index (χ1n) is 6.81. The van der Waals surface area contributed by atoms with Crippen LogP contribution in [0.15, 0.2) is 47.8 Å². The topological polar surface area (TPSA) is 32.3 Å². The summed E-state index contributed by atoms with van der Waals surface area (Å²) in [6, 6.07) is 13.4. The molecule has 0 saturated heterocycles. The summed E-state index contributed by atoms with van der Waals surface area (Å²) in [5, 5.41) is 6.44. The van der Waals surface area contributed by atoms with Gasteiger partial charge in [-0.2, -0.15) is 0 Å². The zero-order valence-corrected chi connectivity index (χ0v) is 13.8. The van der Waals surface area contributed by atoms with Gasteiger partial charge in [-0.25, -0.2) is 0 Å².